The number of rotatable bonds is 9. The Morgan fingerprint density at radius 2 is 1.69 bits per heavy atom. The molecule has 0 fully saturated rings. The van der Waals surface area contributed by atoms with Crippen LogP contribution in [0, 0.1) is 6.92 Å². The lowest BCUT2D eigenvalue weighted by atomic mass is 10.1. The second kappa shape index (κ2) is 10.9. The van der Waals surface area contributed by atoms with Crippen molar-refractivity contribution in [3.05, 3.63) is 96.2 Å². The highest BCUT2D eigenvalue weighted by molar-refractivity contribution is 7.85. The molecule has 36 heavy (non-hydrogen) atoms. The number of hydrogen-bond acceptors (Lipinski definition) is 5. The number of para-hydroxylation sites is 3. The molecule has 1 N–H and O–H groups in total. The minimum atomic E-state index is -3.98. The van der Waals surface area contributed by atoms with Crippen molar-refractivity contribution in [3.63, 3.8) is 0 Å². The van der Waals surface area contributed by atoms with E-state index in [2.05, 4.69) is 4.98 Å². The SMILES string of the molecule is CCN(Cc1cnc2ccccc2c1)C(=O)C[NH+](c1ccccc1OC)S(=O)(=O)c1ccccc1C. The van der Waals surface area contributed by atoms with E-state index in [-0.39, 0.29) is 21.7 Å². The summed E-state index contributed by atoms with van der Waals surface area (Å²) in [5.41, 5.74) is 2.77. The third kappa shape index (κ3) is 5.24. The number of methoxy groups -OCH3 is 1. The van der Waals surface area contributed by atoms with Gasteiger partial charge in [-0.15, -0.1) is 0 Å². The van der Waals surface area contributed by atoms with Crippen LogP contribution in [-0.4, -0.2) is 44.4 Å². The summed E-state index contributed by atoms with van der Waals surface area (Å²) in [5, 5.41) is 0.988. The van der Waals surface area contributed by atoms with E-state index in [1.54, 1.807) is 66.6 Å². The number of benzene rings is 3. The normalized spacial score (nSPS) is 12.3. The van der Waals surface area contributed by atoms with E-state index in [1.807, 2.05) is 37.3 Å². The van der Waals surface area contributed by atoms with Gasteiger partial charge in [-0.3, -0.25) is 9.78 Å². The van der Waals surface area contributed by atoms with Crippen molar-refractivity contribution in [3.8, 4) is 5.75 Å². The molecular weight excluding hydrogens is 474 g/mol. The number of carbonyl (C=O) groups is 1. The Balaban J connectivity index is 1.68. The molecule has 0 spiro atoms. The fourth-order valence-electron chi connectivity index (χ4n) is 4.25. The van der Waals surface area contributed by atoms with Crippen LogP contribution in [0.25, 0.3) is 10.9 Å². The number of ether oxygens (including phenoxy) is 1. The molecule has 1 unspecified atom stereocenters. The molecule has 4 aromatic rings. The average Bonchev–Trinajstić information content (AvgIpc) is 2.90. The van der Waals surface area contributed by atoms with Gasteiger partial charge in [0.25, 0.3) is 5.91 Å². The summed E-state index contributed by atoms with van der Waals surface area (Å²) in [5.74, 6) is 0.114. The zero-order valence-corrected chi connectivity index (χ0v) is 21.5. The third-order valence-corrected chi connectivity index (χ3v) is 8.23. The lowest BCUT2D eigenvalue weighted by molar-refractivity contribution is -0.681. The van der Waals surface area contributed by atoms with Crippen molar-refractivity contribution in [2.75, 3.05) is 20.2 Å². The summed E-state index contributed by atoms with van der Waals surface area (Å²) in [6, 6.07) is 23.5. The summed E-state index contributed by atoms with van der Waals surface area (Å²) < 4.78 is 33.3. The van der Waals surface area contributed by atoms with Crippen LogP contribution in [0.1, 0.15) is 18.1 Å². The maximum atomic E-state index is 13.9. The van der Waals surface area contributed by atoms with Crippen LogP contribution in [0.5, 0.6) is 5.75 Å². The molecule has 0 aliphatic carbocycles. The molecule has 1 amide bonds. The monoisotopic (exact) mass is 504 g/mol. The number of carbonyl (C=O) groups excluding carboxylic acids is 1. The first-order valence-corrected chi connectivity index (χ1v) is 13.2. The van der Waals surface area contributed by atoms with Crippen LogP contribution in [0.15, 0.2) is 90.0 Å². The van der Waals surface area contributed by atoms with E-state index in [9.17, 15) is 13.2 Å². The molecule has 1 atom stereocenters. The van der Waals surface area contributed by atoms with Gasteiger partial charge in [-0.1, -0.05) is 48.5 Å². The highest BCUT2D eigenvalue weighted by Crippen LogP contribution is 2.22. The predicted octanol–water partition coefficient (Wildman–Crippen LogP) is 3.51. The molecular formula is C28H30N3O4S+. The molecule has 0 radical (unpaired) electrons. The van der Waals surface area contributed by atoms with Gasteiger partial charge in [-0.2, -0.15) is 12.7 Å². The molecule has 1 aromatic heterocycles. The Morgan fingerprint density at radius 3 is 2.44 bits per heavy atom. The molecule has 8 heteroatoms. The first kappa shape index (κ1) is 25.3. The number of amides is 1. The summed E-state index contributed by atoms with van der Waals surface area (Å²) in [6.45, 7) is 4.10. The van der Waals surface area contributed by atoms with Crippen LogP contribution < -0.4 is 9.04 Å². The van der Waals surface area contributed by atoms with Gasteiger partial charge in [0.05, 0.1) is 12.6 Å². The number of quaternary nitrogens is 1. The second-order valence-corrected chi connectivity index (χ2v) is 10.5. The van der Waals surface area contributed by atoms with Crippen LogP contribution in [0.2, 0.25) is 0 Å². The Morgan fingerprint density at radius 1 is 1.00 bits per heavy atom. The minimum Gasteiger partial charge on any atom is -0.491 e. The Kier molecular flexibility index (Phi) is 7.67. The molecule has 3 aromatic carbocycles. The van der Waals surface area contributed by atoms with Crippen LogP contribution in [-0.2, 0) is 21.4 Å². The van der Waals surface area contributed by atoms with E-state index in [0.29, 0.717) is 30.1 Å². The van der Waals surface area contributed by atoms with Crippen LogP contribution in [0.3, 0.4) is 0 Å². The highest BCUT2D eigenvalue weighted by atomic mass is 32.2. The summed E-state index contributed by atoms with van der Waals surface area (Å²) in [4.78, 5) is 19.9. The number of sulfonamides is 1. The minimum absolute atomic E-state index is 0.0225. The van der Waals surface area contributed by atoms with E-state index >= 15 is 0 Å². The average molecular weight is 505 g/mol. The largest absolute Gasteiger partial charge is 0.491 e. The topological polar surface area (TPSA) is 81.0 Å². The fourth-order valence-corrected chi connectivity index (χ4v) is 6.04. The second-order valence-electron chi connectivity index (χ2n) is 8.51. The van der Waals surface area contributed by atoms with Gasteiger partial charge < -0.3 is 9.64 Å². The van der Waals surface area contributed by atoms with Crippen molar-refractivity contribution < 1.29 is 22.3 Å². The summed E-state index contributed by atoms with van der Waals surface area (Å²) >= 11 is 0. The number of nitrogens with one attached hydrogen (secondary N) is 1. The molecule has 0 aliphatic rings. The molecule has 7 nitrogen and oxygen atoms in total. The first-order valence-electron chi connectivity index (χ1n) is 11.8. The Labute approximate surface area is 212 Å². The lowest BCUT2D eigenvalue weighted by Crippen LogP contribution is -3.10. The van der Waals surface area contributed by atoms with Crippen molar-refractivity contribution in [1.29, 1.82) is 0 Å². The maximum Gasteiger partial charge on any atom is 0.331 e. The van der Waals surface area contributed by atoms with Gasteiger partial charge in [-0.25, -0.2) is 0 Å². The fraction of sp³-hybridized carbons (Fsp3) is 0.214. The van der Waals surface area contributed by atoms with Crippen LogP contribution >= 0.6 is 0 Å². The number of fused-ring (bicyclic) bond motifs is 1. The quantitative estimate of drug-likeness (QED) is 0.377. The highest BCUT2D eigenvalue weighted by Gasteiger charge is 2.36. The van der Waals surface area contributed by atoms with Gasteiger partial charge in [0.1, 0.15) is 4.90 Å². The van der Waals surface area contributed by atoms with Crippen molar-refractivity contribution >= 4 is 32.5 Å². The molecule has 0 bridgehead atoms. The number of pyridine rings is 1. The van der Waals surface area contributed by atoms with Gasteiger partial charge in [0.15, 0.2) is 18.0 Å². The molecule has 0 saturated carbocycles. The van der Waals surface area contributed by atoms with Crippen molar-refractivity contribution in [2.24, 2.45) is 0 Å². The number of aryl methyl sites for hydroxylation is 1. The third-order valence-electron chi connectivity index (χ3n) is 6.18. The van der Waals surface area contributed by atoms with E-state index in [0.717, 1.165) is 16.5 Å². The van der Waals surface area contributed by atoms with E-state index < -0.39 is 10.0 Å². The molecule has 0 saturated heterocycles. The van der Waals surface area contributed by atoms with E-state index in [1.165, 1.54) is 7.11 Å². The number of hydrogen-bond donors (Lipinski definition) is 1. The molecule has 4 rings (SSSR count). The smallest absolute Gasteiger partial charge is 0.331 e. The number of nitrogens with zero attached hydrogens (tertiary/aromatic N) is 2. The molecule has 1 heterocycles. The summed E-state index contributed by atoms with van der Waals surface area (Å²) in [6.07, 6.45) is 1.76. The van der Waals surface area contributed by atoms with Gasteiger partial charge in [0.2, 0.25) is 0 Å². The summed E-state index contributed by atoms with van der Waals surface area (Å²) in [7, 11) is -2.49. The van der Waals surface area contributed by atoms with Gasteiger partial charge in [0, 0.05) is 30.7 Å². The van der Waals surface area contributed by atoms with Crippen LogP contribution in [0.4, 0.5) is 5.69 Å². The number of likely N-dealkylation sites (N-methyl/N-ethyl adjacent to an activating group) is 1. The zero-order valence-electron chi connectivity index (χ0n) is 20.6. The molecule has 0 aliphatic heterocycles. The lowest BCUT2D eigenvalue weighted by Gasteiger charge is -2.25. The zero-order chi connectivity index (χ0) is 25.7. The van der Waals surface area contributed by atoms with Crippen molar-refractivity contribution in [2.45, 2.75) is 25.3 Å². The standard InChI is InChI=1S/C28H29N3O4S/c1-4-30(19-22-17-23-12-6-7-13-24(23)29-18-22)28(32)20-31(25-14-8-9-15-26(25)35-3)36(33,34)27-16-10-5-11-21(27)2/h5-18H,4,19-20H2,1-3H3/p+1. The maximum absolute atomic E-state index is 13.9. The number of aromatic nitrogens is 1. The molecule has 186 valence electrons. The predicted molar refractivity (Wildman–Crippen MR) is 140 cm³/mol. The van der Waals surface area contributed by atoms with Crippen molar-refractivity contribution in [1.82, 2.24) is 9.88 Å². The Hall–Kier alpha value is -3.75. The Bertz CT molecular complexity index is 1490. The van der Waals surface area contributed by atoms with Gasteiger partial charge in [-0.05, 0) is 49.2 Å². The van der Waals surface area contributed by atoms with E-state index in [4.69, 9.17) is 4.74 Å². The van der Waals surface area contributed by atoms with Gasteiger partial charge >= 0.3 is 10.0 Å². The first-order chi connectivity index (χ1) is 17.3.